The van der Waals surface area contributed by atoms with Crippen LogP contribution in [0.25, 0.3) is 5.65 Å². The third-order valence-electron chi connectivity index (χ3n) is 4.26. The van der Waals surface area contributed by atoms with Crippen molar-refractivity contribution < 1.29 is 4.92 Å². The summed E-state index contributed by atoms with van der Waals surface area (Å²) in [5.74, 6) is 2.37. The van der Waals surface area contributed by atoms with E-state index in [0.717, 1.165) is 31.0 Å². The molecule has 0 saturated carbocycles. The Morgan fingerprint density at radius 3 is 2.96 bits per heavy atom. The fourth-order valence-corrected chi connectivity index (χ4v) is 2.99. The number of rotatable bonds is 4. The number of nitro groups is 1. The molecule has 10 nitrogen and oxygen atoms in total. The highest BCUT2D eigenvalue weighted by Crippen LogP contribution is 2.28. The van der Waals surface area contributed by atoms with Crippen LogP contribution in [0.1, 0.15) is 50.3 Å². The maximum atomic E-state index is 11.1. The zero-order chi connectivity index (χ0) is 17.6. The minimum absolute atomic E-state index is 0.0266. The number of hydrogen-bond donors (Lipinski definition) is 1. The van der Waals surface area contributed by atoms with E-state index in [1.807, 2.05) is 4.68 Å². The highest BCUT2D eigenvalue weighted by atomic mass is 16.6. The number of imidazole rings is 1. The highest BCUT2D eigenvalue weighted by Gasteiger charge is 2.26. The van der Waals surface area contributed by atoms with E-state index in [1.54, 1.807) is 12.1 Å². The van der Waals surface area contributed by atoms with E-state index in [-0.39, 0.29) is 17.8 Å². The summed E-state index contributed by atoms with van der Waals surface area (Å²) in [6.45, 7) is 4.99. The Morgan fingerprint density at radius 2 is 2.20 bits per heavy atom. The summed E-state index contributed by atoms with van der Waals surface area (Å²) in [7, 11) is 0. The molecule has 0 bridgehead atoms. The second kappa shape index (κ2) is 5.80. The van der Waals surface area contributed by atoms with E-state index in [0.29, 0.717) is 11.5 Å². The molecule has 0 amide bonds. The summed E-state index contributed by atoms with van der Waals surface area (Å²) in [6, 6.07) is 3.45. The second-order valence-electron chi connectivity index (χ2n) is 6.41. The Hall–Kier alpha value is -3.04. The molecule has 10 heteroatoms. The van der Waals surface area contributed by atoms with E-state index in [1.165, 1.54) is 10.7 Å². The van der Waals surface area contributed by atoms with Gasteiger partial charge in [-0.1, -0.05) is 23.5 Å². The molecule has 25 heavy (non-hydrogen) atoms. The SMILES string of the molecule is CC(C)c1nc2n(n1)CCCC2Nc1ccc2ncc([N+](=O)[O-])n2n1. The van der Waals surface area contributed by atoms with Crippen molar-refractivity contribution in [2.45, 2.75) is 45.2 Å². The van der Waals surface area contributed by atoms with Gasteiger partial charge in [0.1, 0.15) is 12.0 Å². The van der Waals surface area contributed by atoms with Crippen molar-refractivity contribution >= 4 is 17.3 Å². The molecule has 0 fully saturated rings. The van der Waals surface area contributed by atoms with E-state index in [4.69, 9.17) is 0 Å². The molecule has 1 aliphatic rings. The predicted molar refractivity (Wildman–Crippen MR) is 89.4 cm³/mol. The van der Waals surface area contributed by atoms with Gasteiger partial charge in [0.2, 0.25) is 5.65 Å². The molecule has 0 radical (unpaired) electrons. The largest absolute Gasteiger partial charge is 0.368 e. The number of fused-ring (bicyclic) bond motifs is 2. The fourth-order valence-electron chi connectivity index (χ4n) is 2.99. The second-order valence-corrected chi connectivity index (χ2v) is 6.41. The number of anilines is 1. The Bertz CT molecular complexity index is 944. The monoisotopic (exact) mass is 342 g/mol. The topological polar surface area (TPSA) is 116 Å². The van der Waals surface area contributed by atoms with Gasteiger partial charge in [-0.05, 0) is 23.8 Å². The molecule has 1 aliphatic heterocycles. The van der Waals surface area contributed by atoms with Crippen molar-refractivity contribution in [3.05, 3.63) is 40.1 Å². The zero-order valence-corrected chi connectivity index (χ0v) is 14.0. The van der Waals surface area contributed by atoms with Gasteiger partial charge in [0.05, 0.1) is 6.04 Å². The van der Waals surface area contributed by atoms with Crippen molar-refractivity contribution in [1.29, 1.82) is 0 Å². The Morgan fingerprint density at radius 1 is 1.36 bits per heavy atom. The molecule has 4 rings (SSSR count). The molecule has 3 aromatic rings. The lowest BCUT2D eigenvalue weighted by molar-refractivity contribution is -0.391. The van der Waals surface area contributed by atoms with Gasteiger partial charge in [0.15, 0.2) is 11.6 Å². The minimum atomic E-state index is -0.497. The summed E-state index contributed by atoms with van der Waals surface area (Å²) < 4.78 is 3.17. The molecule has 1 unspecified atom stereocenters. The van der Waals surface area contributed by atoms with Gasteiger partial charge in [-0.15, -0.1) is 0 Å². The molecule has 1 atom stereocenters. The van der Waals surface area contributed by atoms with Gasteiger partial charge in [-0.3, -0.25) is 0 Å². The van der Waals surface area contributed by atoms with Crippen LogP contribution in [0.4, 0.5) is 11.6 Å². The smallest absolute Gasteiger partial charge is 0.358 e. The van der Waals surface area contributed by atoms with Crippen LogP contribution in [-0.4, -0.2) is 34.3 Å². The van der Waals surface area contributed by atoms with E-state index in [9.17, 15) is 10.1 Å². The average molecular weight is 342 g/mol. The van der Waals surface area contributed by atoms with E-state index >= 15 is 0 Å². The van der Waals surface area contributed by atoms with Crippen LogP contribution < -0.4 is 5.32 Å². The van der Waals surface area contributed by atoms with Gasteiger partial charge < -0.3 is 15.4 Å². The predicted octanol–water partition coefficient (Wildman–Crippen LogP) is 2.30. The van der Waals surface area contributed by atoms with Crippen LogP contribution in [-0.2, 0) is 6.54 Å². The summed E-state index contributed by atoms with van der Waals surface area (Å²) in [6.07, 6.45) is 3.10. The molecule has 130 valence electrons. The first-order valence-electron chi connectivity index (χ1n) is 8.23. The molecular weight excluding hydrogens is 324 g/mol. The van der Waals surface area contributed by atoms with Gasteiger partial charge in [-0.2, -0.15) is 5.10 Å². The third kappa shape index (κ3) is 2.69. The number of aromatic nitrogens is 6. The van der Waals surface area contributed by atoms with Crippen LogP contribution in [0.15, 0.2) is 18.3 Å². The Kier molecular flexibility index (Phi) is 3.59. The van der Waals surface area contributed by atoms with Gasteiger partial charge in [-0.25, -0.2) is 14.6 Å². The van der Waals surface area contributed by atoms with Gasteiger partial charge in [0, 0.05) is 18.5 Å². The van der Waals surface area contributed by atoms with Crippen molar-refractivity contribution in [3.8, 4) is 0 Å². The number of hydrogen-bond acceptors (Lipinski definition) is 7. The quantitative estimate of drug-likeness (QED) is 0.571. The molecular formula is C15H18N8O2. The highest BCUT2D eigenvalue weighted by molar-refractivity contribution is 5.48. The van der Waals surface area contributed by atoms with E-state index < -0.39 is 4.92 Å². The van der Waals surface area contributed by atoms with Gasteiger partial charge in [0.25, 0.3) is 0 Å². The normalized spacial score (nSPS) is 17.0. The van der Waals surface area contributed by atoms with Crippen molar-refractivity contribution in [2.75, 3.05) is 5.32 Å². The van der Waals surface area contributed by atoms with Crippen LogP contribution >= 0.6 is 0 Å². The number of nitrogens with zero attached hydrogens (tertiary/aromatic N) is 7. The molecule has 1 N–H and O–H groups in total. The maximum absolute atomic E-state index is 11.1. The fraction of sp³-hybridized carbons (Fsp3) is 0.467. The summed E-state index contributed by atoms with van der Waals surface area (Å²) in [5.41, 5.74) is 0.436. The number of aryl methyl sites for hydroxylation is 1. The van der Waals surface area contributed by atoms with Crippen LogP contribution in [0.2, 0.25) is 0 Å². The molecule has 0 saturated heterocycles. The van der Waals surface area contributed by atoms with Crippen molar-refractivity contribution in [1.82, 2.24) is 29.4 Å². The van der Waals surface area contributed by atoms with Crippen molar-refractivity contribution in [3.63, 3.8) is 0 Å². The minimum Gasteiger partial charge on any atom is -0.358 e. The summed E-state index contributed by atoms with van der Waals surface area (Å²) >= 11 is 0. The molecule has 4 heterocycles. The standard InChI is InChI=1S/C15H18N8O2/c1-9(2)14-18-15-10(4-3-7-21(15)20-14)17-11-5-6-12-16-8-13(23(24)25)22(12)19-11/h5-6,8-10H,3-4,7H2,1-2H3,(H,17,19). The first-order chi connectivity index (χ1) is 12.0. The van der Waals surface area contributed by atoms with Crippen LogP contribution in [0.3, 0.4) is 0 Å². The summed E-state index contributed by atoms with van der Waals surface area (Å²) in [5, 5.41) is 23.3. The van der Waals surface area contributed by atoms with E-state index in [2.05, 4.69) is 39.3 Å². The zero-order valence-electron chi connectivity index (χ0n) is 14.0. The van der Waals surface area contributed by atoms with Crippen molar-refractivity contribution in [2.24, 2.45) is 0 Å². The lowest BCUT2D eigenvalue weighted by Crippen LogP contribution is -2.23. The van der Waals surface area contributed by atoms with Crippen LogP contribution in [0, 0.1) is 10.1 Å². The Balaban J connectivity index is 1.66. The molecule has 0 spiro atoms. The maximum Gasteiger partial charge on any atom is 0.368 e. The van der Waals surface area contributed by atoms with Gasteiger partial charge >= 0.3 is 5.82 Å². The third-order valence-corrected chi connectivity index (χ3v) is 4.26. The first kappa shape index (κ1) is 15.5. The summed E-state index contributed by atoms with van der Waals surface area (Å²) in [4.78, 5) is 19.2. The average Bonchev–Trinajstić information content (AvgIpc) is 3.19. The first-order valence-corrected chi connectivity index (χ1v) is 8.23. The Labute approximate surface area is 143 Å². The molecule has 0 aliphatic carbocycles. The lowest BCUT2D eigenvalue weighted by atomic mass is 10.1. The number of nitrogens with one attached hydrogen (secondary N) is 1. The lowest BCUT2D eigenvalue weighted by Gasteiger charge is -2.23. The van der Waals surface area contributed by atoms with Crippen LogP contribution in [0.5, 0.6) is 0 Å². The molecule has 3 aromatic heterocycles. The molecule has 0 aromatic carbocycles.